The Morgan fingerprint density at radius 2 is 2.00 bits per heavy atom. The molecule has 25 heavy (non-hydrogen) atoms. The van der Waals surface area contributed by atoms with Gasteiger partial charge >= 0.3 is 0 Å². The molecule has 2 aliphatic rings. The summed E-state index contributed by atoms with van der Waals surface area (Å²) in [6.07, 6.45) is 1.49. The third-order valence-corrected chi connectivity index (χ3v) is 5.02. The third kappa shape index (κ3) is 4.38. The predicted octanol–water partition coefficient (Wildman–Crippen LogP) is 0.828. The second-order valence-corrected chi connectivity index (χ2v) is 6.88. The number of hydrogen-bond acceptors (Lipinski definition) is 4. The molecule has 0 bridgehead atoms. The van der Waals surface area contributed by atoms with Crippen molar-refractivity contribution in [3.63, 3.8) is 0 Å². The van der Waals surface area contributed by atoms with Gasteiger partial charge in [-0.05, 0) is 18.4 Å². The standard InChI is InChI=1S/C19H26N2O4/c1-14(22)21-12-16(23)11-18(21)19(24)20-9-10-25-17(13-20)8-7-15-5-3-2-4-6-15/h2-6,16-18,23H,7-13H2,1H3/t16-,17+,18+/m0/s1. The van der Waals surface area contributed by atoms with Crippen LogP contribution in [0.25, 0.3) is 0 Å². The van der Waals surface area contributed by atoms with Gasteiger partial charge < -0.3 is 19.6 Å². The van der Waals surface area contributed by atoms with Gasteiger partial charge in [0.05, 0.1) is 18.8 Å². The minimum absolute atomic E-state index is 0.00927. The minimum Gasteiger partial charge on any atom is -0.391 e. The number of benzene rings is 1. The summed E-state index contributed by atoms with van der Waals surface area (Å²) >= 11 is 0. The Labute approximate surface area is 148 Å². The topological polar surface area (TPSA) is 70.1 Å². The molecule has 2 heterocycles. The molecule has 2 fully saturated rings. The molecule has 1 aromatic carbocycles. The van der Waals surface area contributed by atoms with Gasteiger partial charge in [-0.25, -0.2) is 0 Å². The van der Waals surface area contributed by atoms with E-state index in [1.54, 1.807) is 4.90 Å². The number of rotatable bonds is 4. The van der Waals surface area contributed by atoms with E-state index in [0.717, 1.165) is 12.8 Å². The zero-order valence-corrected chi connectivity index (χ0v) is 14.6. The van der Waals surface area contributed by atoms with Crippen LogP contribution in [0.15, 0.2) is 30.3 Å². The van der Waals surface area contributed by atoms with E-state index in [2.05, 4.69) is 12.1 Å². The number of amides is 2. The first kappa shape index (κ1) is 17.9. The maximum atomic E-state index is 12.8. The molecule has 2 aliphatic heterocycles. The van der Waals surface area contributed by atoms with Gasteiger partial charge in [0.15, 0.2) is 0 Å². The Morgan fingerprint density at radius 3 is 2.72 bits per heavy atom. The van der Waals surface area contributed by atoms with Crippen LogP contribution in [0.4, 0.5) is 0 Å². The second-order valence-electron chi connectivity index (χ2n) is 6.88. The molecule has 6 heteroatoms. The third-order valence-electron chi connectivity index (χ3n) is 5.02. The largest absolute Gasteiger partial charge is 0.391 e. The van der Waals surface area contributed by atoms with Crippen LogP contribution in [0.5, 0.6) is 0 Å². The van der Waals surface area contributed by atoms with Crippen molar-refractivity contribution in [1.82, 2.24) is 9.80 Å². The lowest BCUT2D eigenvalue weighted by Crippen LogP contribution is -2.52. The Balaban J connectivity index is 1.57. The van der Waals surface area contributed by atoms with Crippen molar-refractivity contribution < 1.29 is 19.4 Å². The molecule has 0 aromatic heterocycles. The molecule has 0 unspecified atom stereocenters. The molecule has 2 amide bonds. The number of ether oxygens (including phenoxy) is 1. The number of aliphatic hydroxyl groups excluding tert-OH is 1. The second kappa shape index (κ2) is 7.97. The van der Waals surface area contributed by atoms with Gasteiger partial charge in [0.1, 0.15) is 6.04 Å². The number of aryl methyl sites for hydroxylation is 1. The van der Waals surface area contributed by atoms with E-state index in [1.807, 2.05) is 18.2 Å². The van der Waals surface area contributed by atoms with E-state index >= 15 is 0 Å². The maximum Gasteiger partial charge on any atom is 0.245 e. The highest BCUT2D eigenvalue weighted by atomic mass is 16.5. The lowest BCUT2D eigenvalue weighted by Gasteiger charge is -2.36. The van der Waals surface area contributed by atoms with Crippen LogP contribution in [0.1, 0.15) is 25.3 Å². The van der Waals surface area contributed by atoms with Gasteiger partial charge in [0.2, 0.25) is 11.8 Å². The molecule has 1 N–H and O–H groups in total. The molecule has 136 valence electrons. The van der Waals surface area contributed by atoms with Gasteiger partial charge in [0, 0.05) is 33.0 Å². The summed E-state index contributed by atoms with van der Waals surface area (Å²) in [5.41, 5.74) is 1.26. The van der Waals surface area contributed by atoms with Crippen molar-refractivity contribution in [1.29, 1.82) is 0 Å². The number of carbonyl (C=O) groups excluding carboxylic acids is 2. The Hall–Kier alpha value is -1.92. The average molecular weight is 346 g/mol. The molecule has 0 saturated carbocycles. The summed E-state index contributed by atoms with van der Waals surface area (Å²) in [5, 5.41) is 9.84. The van der Waals surface area contributed by atoms with Crippen LogP contribution >= 0.6 is 0 Å². The van der Waals surface area contributed by atoms with Crippen LogP contribution in [0.3, 0.4) is 0 Å². The number of hydrogen-bond donors (Lipinski definition) is 1. The number of aliphatic hydroxyl groups is 1. The molecule has 2 saturated heterocycles. The molecule has 3 rings (SSSR count). The summed E-state index contributed by atoms with van der Waals surface area (Å²) in [5.74, 6) is -0.233. The molecular weight excluding hydrogens is 320 g/mol. The molecule has 3 atom stereocenters. The number of β-amino-alcohol motifs (C(OH)–C–C–N with tert-alkyl or cyclic N) is 1. The molecule has 6 nitrogen and oxygen atoms in total. The molecular formula is C19H26N2O4. The highest BCUT2D eigenvalue weighted by Crippen LogP contribution is 2.22. The zero-order valence-electron chi connectivity index (χ0n) is 14.6. The summed E-state index contributed by atoms with van der Waals surface area (Å²) in [4.78, 5) is 27.9. The normalized spacial score (nSPS) is 26.7. The first-order valence-corrected chi connectivity index (χ1v) is 8.94. The van der Waals surface area contributed by atoms with Crippen LogP contribution in [0.2, 0.25) is 0 Å². The van der Waals surface area contributed by atoms with Gasteiger partial charge in [0.25, 0.3) is 0 Å². The van der Waals surface area contributed by atoms with Crippen molar-refractivity contribution in [2.24, 2.45) is 0 Å². The number of carbonyl (C=O) groups is 2. The quantitative estimate of drug-likeness (QED) is 0.877. The number of nitrogens with zero attached hydrogens (tertiary/aromatic N) is 2. The zero-order chi connectivity index (χ0) is 17.8. The van der Waals surface area contributed by atoms with Crippen LogP contribution < -0.4 is 0 Å². The minimum atomic E-state index is -0.618. The van der Waals surface area contributed by atoms with Crippen LogP contribution in [-0.2, 0) is 20.7 Å². The fourth-order valence-corrected chi connectivity index (χ4v) is 3.67. The fourth-order valence-electron chi connectivity index (χ4n) is 3.67. The lowest BCUT2D eigenvalue weighted by atomic mass is 10.0. The summed E-state index contributed by atoms with van der Waals surface area (Å²) in [7, 11) is 0. The average Bonchev–Trinajstić information content (AvgIpc) is 3.02. The Morgan fingerprint density at radius 1 is 1.24 bits per heavy atom. The summed E-state index contributed by atoms with van der Waals surface area (Å²) in [6.45, 7) is 3.29. The van der Waals surface area contributed by atoms with Crippen LogP contribution in [-0.4, -0.2) is 71.2 Å². The summed E-state index contributed by atoms with van der Waals surface area (Å²) in [6, 6.07) is 9.69. The number of likely N-dealkylation sites (tertiary alicyclic amines) is 1. The van der Waals surface area contributed by atoms with E-state index in [0.29, 0.717) is 26.1 Å². The first-order chi connectivity index (χ1) is 12.0. The van der Waals surface area contributed by atoms with E-state index in [1.165, 1.54) is 17.4 Å². The highest BCUT2D eigenvalue weighted by molar-refractivity contribution is 5.87. The van der Waals surface area contributed by atoms with Gasteiger partial charge in [-0.2, -0.15) is 0 Å². The smallest absolute Gasteiger partial charge is 0.245 e. The summed E-state index contributed by atoms with van der Waals surface area (Å²) < 4.78 is 5.81. The van der Waals surface area contributed by atoms with E-state index < -0.39 is 12.1 Å². The molecule has 0 spiro atoms. The fraction of sp³-hybridized carbons (Fsp3) is 0.579. The Kier molecular flexibility index (Phi) is 5.71. The van der Waals surface area contributed by atoms with Gasteiger partial charge in [-0.1, -0.05) is 30.3 Å². The molecule has 0 aliphatic carbocycles. The maximum absolute atomic E-state index is 12.8. The molecule has 0 radical (unpaired) electrons. The van der Waals surface area contributed by atoms with Gasteiger partial charge in [-0.15, -0.1) is 0 Å². The first-order valence-electron chi connectivity index (χ1n) is 8.94. The van der Waals surface area contributed by atoms with Crippen molar-refractivity contribution in [3.8, 4) is 0 Å². The van der Waals surface area contributed by atoms with Crippen molar-refractivity contribution in [3.05, 3.63) is 35.9 Å². The highest BCUT2D eigenvalue weighted by Gasteiger charge is 2.40. The van der Waals surface area contributed by atoms with Crippen molar-refractivity contribution >= 4 is 11.8 Å². The van der Waals surface area contributed by atoms with Crippen molar-refractivity contribution in [2.75, 3.05) is 26.2 Å². The number of morpholine rings is 1. The SMILES string of the molecule is CC(=O)N1C[C@@H](O)C[C@@H]1C(=O)N1CCO[C@H](CCc2ccccc2)C1. The van der Waals surface area contributed by atoms with E-state index in [9.17, 15) is 14.7 Å². The Bertz CT molecular complexity index is 607. The van der Waals surface area contributed by atoms with Gasteiger partial charge in [-0.3, -0.25) is 9.59 Å². The van der Waals surface area contributed by atoms with Crippen LogP contribution in [0, 0.1) is 0 Å². The monoisotopic (exact) mass is 346 g/mol. The van der Waals surface area contributed by atoms with Crippen molar-refractivity contribution in [2.45, 2.75) is 44.4 Å². The predicted molar refractivity (Wildman–Crippen MR) is 92.9 cm³/mol. The van der Waals surface area contributed by atoms with E-state index in [4.69, 9.17) is 4.74 Å². The van der Waals surface area contributed by atoms with E-state index in [-0.39, 0.29) is 24.5 Å². The molecule has 1 aromatic rings. The lowest BCUT2D eigenvalue weighted by molar-refractivity contribution is -0.148.